The van der Waals surface area contributed by atoms with Crippen LogP contribution in [-0.2, 0) is 5.41 Å². The molecule has 0 aliphatic rings. The smallest absolute Gasteiger partial charge is 0.136 e. The molecule has 0 saturated heterocycles. The maximum Gasteiger partial charge on any atom is 0.136 e. The normalized spacial score (nSPS) is 11.8. The Kier molecular flexibility index (Phi) is 4.29. The first-order valence-corrected chi connectivity index (χ1v) is 7.33. The average molecular weight is 330 g/mol. The van der Waals surface area contributed by atoms with Gasteiger partial charge in [-0.15, -0.1) is 0 Å². The van der Waals surface area contributed by atoms with Crippen molar-refractivity contribution in [3.63, 3.8) is 0 Å². The summed E-state index contributed by atoms with van der Waals surface area (Å²) in [5.74, 6) is 0.680. The van der Waals surface area contributed by atoms with Crippen molar-refractivity contribution in [1.29, 1.82) is 0 Å². The third-order valence-electron chi connectivity index (χ3n) is 2.94. The number of hydrogen-bond donors (Lipinski definition) is 0. The minimum atomic E-state index is -0.197. The number of aromatic nitrogens is 2. The molecule has 1 aromatic heterocycles. The van der Waals surface area contributed by atoms with Crippen molar-refractivity contribution >= 4 is 34.8 Å². The van der Waals surface area contributed by atoms with Crippen LogP contribution in [0, 0.1) is 6.92 Å². The Hall–Kier alpha value is -0.830. The number of halogens is 3. The molecule has 0 amide bonds. The maximum atomic E-state index is 6.26. The number of rotatable bonds is 1. The van der Waals surface area contributed by atoms with Crippen LogP contribution < -0.4 is 0 Å². The van der Waals surface area contributed by atoms with Crippen molar-refractivity contribution in [1.82, 2.24) is 9.97 Å². The van der Waals surface area contributed by atoms with Crippen molar-refractivity contribution in [3.05, 3.63) is 44.8 Å². The Morgan fingerprint density at radius 3 is 2.25 bits per heavy atom. The quantitative estimate of drug-likeness (QED) is 0.626. The largest absolute Gasteiger partial charge is 0.232 e. The molecular formula is C15H15Cl3N2. The molecule has 0 saturated carbocycles. The fourth-order valence-electron chi connectivity index (χ4n) is 1.77. The average Bonchev–Trinajstić information content (AvgIpc) is 2.34. The van der Waals surface area contributed by atoms with E-state index in [2.05, 4.69) is 9.97 Å². The van der Waals surface area contributed by atoms with Gasteiger partial charge in [0.2, 0.25) is 0 Å². The predicted octanol–water partition coefficient (Wildman–Crippen LogP) is 5.71. The fourth-order valence-corrected chi connectivity index (χ4v) is 2.31. The van der Waals surface area contributed by atoms with Gasteiger partial charge in [-0.3, -0.25) is 0 Å². The summed E-state index contributed by atoms with van der Waals surface area (Å²) in [4.78, 5) is 9.00. The van der Waals surface area contributed by atoms with Gasteiger partial charge in [-0.25, -0.2) is 9.97 Å². The molecule has 106 valence electrons. The molecule has 2 aromatic rings. The Bertz CT molecular complexity index is 661. The number of nitrogens with zero attached hydrogens (tertiary/aromatic N) is 2. The molecule has 0 bridgehead atoms. The molecule has 0 aliphatic carbocycles. The summed E-state index contributed by atoms with van der Waals surface area (Å²) < 4.78 is 0. The van der Waals surface area contributed by atoms with E-state index in [1.807, 2.05) is 27.7 Å². The highest BCUT2D eigenvalue weighted by Gasteiger charge is 2.22. The third kappa shape index (κ3) is 3.08. The van der Waals surface area contributed by atoms with E-state index in [0.717, 1.165) is 16.8 Å². The lowest BCUT2D eigenvalue weighted by molar-refractivity contribution is 0.545. The lowest BCUT2D eigenvalue weighted by Crippen LogP contribution is -2.17. The molecule has 0 spiro atoms. The van der Waals surface area contributed by atoms with Gasteiger partial charge in [-0.05, 0) is 25.1 Å². The SMILES string of the molecule is Cc1c(Cl)nc(C(C)(C)C)nc1-c1cc(Cl)ccc1Cl. The zero-order chi connectivity index (χ0) is 15.1. The van der Waals surface area contributed by atoms with Crippen molar-refractivity contribution in [2.75, 3.05) is 0 Å². The van der Waals surface area contributed by atoms with Gasteiger partial charge < -0.3 is 0 Å². The molecule has 20 heavy (non-hydrogen) atoms. The van der Waals surface area contributed by atoms with E-state index in [0.29, 0.717) is 21.0 Å². The summed E-state index contributed by atoms with van der Waals surface area (Å²) in [7, 11) is 0. The highest BCUT2D eigenvalue weighted by molar-refractivity contribution is 6.35. The van der Waals surface area contributed by atoms with Gasteiger partial charge in [-0.1, -0.05) is 55.6 Å². The van der Waals surface area contributed by atoms with E-state index >= 15 is 0 Å². The topological polar surface area (TPSA) is 25.8 Å². The minimum absolute atomic E-state index is 0.197. The molecular weight excluding hydrogens is 315 g/mol. The molecule has 0 atom stereocenters. The van der Waals surface area contributed by atoms with Crippen molar-refractivity contribution in [3.8, 4) is 11.3 Å². The molecule has 0 radical (unpaired) electrons. The lowest BCUT2D eigenvalue weighted by atomic mass is 9.95. The Labute approximate surface area is 134 Å². The van der Waals surface area contributed by atoms with Gasteiger partial charge in [-0.2, -0.15) is 0 Å². The molecule has 2 rings (SSSR count). The van der Waals surface area contributed by atoms with Crippen LogP contribution in [0.2, 0.25) is 15.2 Å². The van der Waals surface area contributed by atoms with Crippen LogP contribution in [-0.4, -0.2) is 9.97 Å². The minimum Gasteiger partial charge on any atom is -0.232 e. The summed E-state index contributed by atoms with van der Waals surface area (Å²) in [5.41, 5.74) is 2.09. The first-order valence-electron chi connectivity index (χ1n) is 6.20. The van der Waals surface area contributed by atoms with Crippen LogP contribution in [0.3, 0.4) is 0 Å². The Morgan fingerprint density at radius 1 is 1.00 bits per heavy atom. The van der Waals surface area contributed by atoms with E-state index in [1.165, 1.54) is 0 Å². The summed E-state index contributed by atoms with van der Waals surface area (Å²) in [5, 5.41) is 1.64. The van der Waals surface area contributed by atoms with Gasteiger partial charge in [0, 0.05) is 21.6 Å². The number of hydrogen-bond acceptors (Lipinski definition) is 2. The Balaban J connectivity index is 2.73. The monoisotopic (exact) mass is 328 g/mol. The Morgan fingerprint density at radius 2 is 1.65 bits per heavy atom. The fraction of sp³-hybridized carbons (Fsp3) is 0.333. The molecule has 0 N–H and O–H groups in total. The molecule has 1 heterocycles. The first kappa shape index (κ1) is 15.6. The highest BCUT2D eigenvalue weighted by Crippen LogP contribution is 2.34. The van der Waals surface area contributed by atoms with Crippen LogP contribution in [0.4, 0.5) is 0 Å². The number of benzene rings is 1. The second-order valence-electron chi connectivity index (χ2n) is 5.69. The van der Waals surface area contributed by atoms with Crippen molar-refractivity contribution < 1.29 is 0 Å². The predicted molar refractivity (Wildman–Crippen MR) is 85.9 cm³/mol. The molecule has 1 aromatic carbocycles. The van der Waals surface area contributed by atoms with Crippen LogP contribution in [0.1, 0.15) is 32.2 Å². The lowest BCUT2D eigenvalue weighted by Gasteiger charge is -2.19. The van der Waals surface area contributed by atoms with Gasteiger partial charge in [0.25, 0.3) is 0 Å². The van der Waals surface area contributed by atoms with Gasteiger partial charge in [0.1, 0.15) is 11.0 Å². The molecule has 5 heteroatoms. The van der Waals surface area contributed by atoms with Crippen LogP contribution in [0.25, 0.3) is 11.3 Å². The van der Waals surface area contributed by atoms with E-state index in [1.54, 1.807) is 18.2 Å². The zero-order valence-corrected chi connectivity index (χ0v) is 14.0. The molecule has 0 fully saturated rings. The second kappa shape index (κ2) is 5.51. The van der Waals surface area contributed by atoms with Crippen molar-refractivity contribution in [2.24, 2.45) is 0 Å². The summed E-state index contributed by atoms with van der Waals surface area (Å²) in [6.07, 6.45) is 0. The standard InChI is InChI=1S/C15H15Cl3N2/c1-8-12(10-7-9(16)5-6-11(10)17)19-14(15(2,3)4)20-13(8)18/h5-7H,1-4H3. The first-order chi connectivity index (χ1) is 9.20. The van der Waals surface area contributed by atoms with Gasteiger partial charge >= 0.3 is 0 Å². The third-order valence-corrected chi connectivity index (χ3v) is 3.87. The highest BCUT2D eigenvalue weighted by atomic mass is 35.5. The zero-order valence-electron chi connectivity index (χ0n) is 11.8. The van der Waals surface area contributed by atoms with Gasteiger partial charge in [0.05, 0.1) is 10.7 Å². The molecule has 0 aliphatic heterocycles. The summed E-state index contributed by atoms with van der Waals surface area (Å²) in [6, 6.07) is 5.30. The van der Waals surface area contributed by atoms with Gasteiger partial charge in [0.15, 0.2) is 0 Å². The molecule has 0 unspecified atom stereocenters. The van der Waals surface area contributed by atoms with Crippen LogP contribution in [0.15, 0.2) is 18.2 Å². The van der Waals surface area contributed by atoms with E-state index in [9.17, 15) is 0 Å². The van der Waals surface area contributed by atoms with E-state index < -0.39 is 0 Å². The maximum absolute atomic E-state index is 6.26. The summed E-state index contributed by atoms with van der Waals surface area (Å²) in [6.45, 7) is 7.99. The second-order valence-corrected chi connectivity index (χ2v) is 6.89. The van der Waals surface area contributed by atoms with E-state index in [4.69, 9.17) is 34.8 Å². The van der Waals surface area contributed by atoms with E-state index in [-0.39, 0.29) is 5.41 Å². The molecule has 2 nitrogen and oxygen atoms in total. The van der Waals surface area contributed by atoms with Crippen LogP contribution in [0.5, 0.6) is 0 Å². The summed E-state index contributed by atoms with van der Waals surface area (Å²) >= 11 is 18.6. The van der Waals surface area contributed by atoms with Crippen molar-refractivity contribution in [2.45, 2.75) is 33.1 Å². The van der Waals surface area contributed by atoms with Crippen LogP contribution >= 0.6 is 34.8 Å².